The van der Waals surface area contributed by atoms with Gasteiger partial charge in [-0.2, -0.15) is 0 Å². The van der Waals surface area contributed by atoms with Crippen molar-refractivity contribution in [3.8, 4) is 0 Å². The highest BCUT2D eigenvalue weighted by atomic mass is 79.9. The Kier molecular flexibility index (Phi) is 5.22. The topological polar surface area (TPSA) is 38.3 Å². The first-order chi connectivity index (χ1) is 9.50. The van der Waals surface area contributed by atoms with Gasteiger partial charge in [0.25, 0.3) is 0 Å². The van der Waals surface area contributed by atoms with Gasteiger partial charge in [0, 0.05) is 6.54 Å². The summed E-state index contributed by atoms with van der Waals surface area (Å²) in [5.74, 6) is 0.297. The molecule has 2 rings (SSSR count). The summed E-state index contributed by atoms with van der Waals surface area (Å²) in [6, 6.07) is 10.1. The maximum atomic E-state index is 12.3. The third-order valence-electron chi connectivity index (χ3n) is 4.16. The van der Waals surface area contributed by atoms with Gasteiger partial charge in [0.05, 0.1) is 23.0 Å². The number of benzene rings is 1. The molecule has 1 saturated heterocycles. The molecule has 3 nitrogen and oxygen atoms in total. The van der Waals surface area contributed by atoms with Gasteiger partial charge in [-0.25, -0.2) is 0 Å². The van der Waals surface area contributed by atoms with Gasteiger partial charge in [0.1, 0.15) is 0 Å². The van der Waals surface area contributed by atoms with E-state index in [0.717, 1.165) is 0 Å². The van der Waals surface area contributed by atoms with Crippen molar-refractivity contribution in [1.29, 1.82) is 0 Å². The van der Waals surface area contributed by atoms with Crippen molar-refractivity contribution in [2.75, 3.05) is 6.54 Å². The van der Waals surface area contributed by atoms with Crippen molar-refractivity contribution in [2.24, 2.45) is 11.8 Å². The Morgan fingerprint density at radius 3 is 2.45 bits per heavy atom. The van der Waals surface area contributed by atoms with Crippen molar-refractivity contribution >= 4 is 21.8 Å². The summed E-state index contributed by atoms with van der Waals surface area (Å²) in [5.41, 5.74) is 1.17. The summed E-state index contributed by atoms with van der Waals surface area (Å²) < 4.78 is 5.73. The molecular weight excluding hydrogens is 318 g/mol. The molecule has 0 spiro atoms. The minimum Gasteiger partial charge on any atom is -0.374 e. The molecule has 0 bridgehead atoms. The van der Waals surface area contributed by atoms with E-state index in [9.17, 15) is 4.79 Å². The van der Waals surface area contributed by atoms with Crippen LogP contribution in [0.15, 0.2) is 30.3 Å². The molecule has 1 N–H and O–H groups in total. The Morgan fingerprint density at radius 2 is 1.90 bits per heavy atom. The van der Waals surface area contributed by atoms with E-state index >= 15 is 0 Å². The summed E-state index contributed by atoms with van der Waals surface area (Å²) in [5, 5.41) is 3.04. The first kappa shape index (κ1) is 15.5. The van der Waals surface area contributed by atoms with Gasteiger partial charge in [-0.05, 0) is 25.3 Å². The number of hydrogen-bond donors (Lipinski definition) is 1. The van der Waals surface area contributed by atoms with E-state index < -0.39 is 0 Å². The molecule has 1 fully saturated rings. The van der Waals surface area contributed by atoms with Crippen LogP contribution in [0.2, 0.25) is 0 Å². The summed E-state index contributed by atoms with van der Waals surface area (Å²) >= 11 is 3.62. The van der Waals surface area contributed by atoms with Crippen LogP contribution in [0.4, 0.5) is 0 Å². The number of nitrogens with one attached hydrogen (secondary N) is 1. The maximum Gasteiger partial charge on any atom is 0.226 e. The quantitative estimate of drug-likeness (QED) is 0.854. The highest BCUT2D eigenvalue weighted by Gasteiger charge is 2.41. The number of rotatable bonds is 4. The molecule has 1 aromatic rings. The third kappa shape index (κ3) is 3.41. The SMILES string of the molecule is CC1OC(C)C(C(=O)NCC(Br)c2ccccc2)C1C. The first-order valence-electron chi connectivity index (χ1n) is 7.13. The van der Waals surface area contributed by atoms with E-state index in [0.29, 0.717) is 6.54 Å². The van der Waals surface area contributed by atoms with Crippen LogP contribution in [0, 0.1) is 11.8 Å². The van der Waals surface area contributed by atoms with E-state index in [1.165, 1.54) is 5.56 Å². The van der Waals surface area contributed by atoms with Crippen LogP contribution in [0.1, 0.15) is 31.2 Å². The molecule has 20 heavy (non-hydrogen) atoms. The van der Waals surface area contributed by atoms with E-state index in [1.807, 2.05) is 32.0 Å². The normalized spacial score (nSPS) is 31.0. The van der Waals surface area contributed by atoms with Gasteiger partial charge in [-0.15, -0.1) is 0 Å². The average Bonchev–Trinajstić information content (AvgIpc) is 2.70. The Hall–Kier alpha value is -0.870. The summed E-state index contributed by atoms with van der Waals surface area (Å²) in [4.78, 5) is 12.5. The Morgan fingerprint density at radius 1 is 1.25 bits per heavy atom. The van der Waals surface area contributed by atoms with Crippen LogP contribution in [-0.2, 0) is 9.53 Å². The van der Waals surface area contributed by atoms with E-state index in [4.69, 9.17) is 4.74 Å². The molecule has 5 atom stereocenters. The molecule has 0 aliphatic carbocycles. The number of ether oxygens (including phenoxy) is 1. The molecule has 1 amide bonds. The molecule has 0 saturated carbocycles. The van der Waals surface area contributed by atoms with Gasteiger partial charge in [-0.1, -0.05) is 53.2 Å². The Bertz CT molecular complexity index is 451. The van der Waals surface area contributed by atoms with Gasteiger partial charge < -0.3 is 10.1 Å². The zero-order valence-electron chi connectivity index (χ0n) is 12.2. The van der Waals surface area contributed by atoms with Crippen LogP contribution in [-0.4, -0.2) is 24.7 Å². The van der Waals surface area contributed by atoms with Crippen molar-refractivity contribution in [2.45, 2.75) is 37.8 Å². The van der Waals surface area contributed by atoms with Crippen LogP contribution >= 0.6 is 15.9 Å². The zero-order chi connectivity index (χ0) is 14.7. The lowest BCUT2D eigenvalue weighted by Crippen LogP contribution is -2.38. The lowest BCUT2D eigenvalue weighted by molar-refractivity contribution is -0.127. The molecule has 1 aromatic carbocycles. The number of alkyl halides is 1. The highest BCUT2D eigenvalue weighted by Crippen LogP contribution is 2.32. The third-order valence-corrected chi connectivity index (χ3v) is 5.01. The van der Waals surface area contributed by atoms with Crippen LogP contribution in [0.25, 0.3) is 0 Å². The fraction of sp³-hybridized carbons (Fsp3) is 0.562. The van der Waals surface area contributed by atoms with Crippen molar-refractivity contribution in [1.82, 2.24) is 5.32 Å². The predicted molar refractivity (Wildman–Crippen MR) is 83.8 cm³/mol. The number of halogens is 1. The molecule has 1 heterocycles. The van der Waals surface area contributed by atoms with Crippen LogP contribution in [0.3, 0.4) is 0 Å². The van der Waals surface area contributed by atoms with E-state index in [2.05, 4.69) is 40.3 Å². The first-order valence-corrected chi connectivity index (χ1v) is 8.04. The van der Waals surface area contributed by atoms with Gasteiger partial charge in [0.15, 0.2) is 0 Å². The minimum atomic E-state index is -0.0551. The van der Waals surface area contributed by atoms with E-state index in [-0.39, 0.29) is 34.8 Å². The molecule has 4 heteroatoms. The molecule has 110 valence electrons. The molecule has 0 aromatic heterocycles. The highest BCUT2D eigenvalue weighted by molar-refractivity contribution is 9.09. The molecule has 5 unspecified atom stereocenters. The molecule has 0 radical (unpaired) electrons. The summed E-state index contributed by atoms with van der Waals surface area (Å²) in [7, 11) is 0. The van der Waals surface area contributed by atoms with Gasteiger partial charge in [0.2, 0.25) is 5.91 Å². The number of carbonyl (C=O) groups excluding carboxylic acids is 1. The maximum absolute atomic E-state index is 12.3. The fourth-order valence-electron chi connectivity index (χ4n) is 2.81. The summed E-state index contributed by atoms with van der Waals surface area (Å²) in [6.07, 6.45) is 0.139. The number of carbonyl (C=O) groups is 1. The zero-order valence-corrected chi connectivity index (χ0v) is 13.8. The second-order valence-corrected chi connectivity index (χ2v) is 6.66. The lowest BCUT2D eigenvalue weighted by Gasteiger charge is -2.19. The number of hydrogen-bond acceptors (Lipinski definition) is 2. The second-order valence-electron chi connectivity index (χ2n) is 5.55. The van der Waals surface area contributed by atoms with Crippen LogP contribution < -0.4 is 5.32 Å². The lowest BCUT2D eigenvalue weighted by atomic mass is 9.89. The molecular formula is C16H22BrNO2. The monoisotopic (exact) mass is 339 g/mol. The van der Waals surface area contributed by atoms with Crippen molar-refractivity contribution in [3.63, 3.8) is 0 Å². The second kappa shape index (κ2) is 6.72. The van der Waals surface area contributed by atoms with Crippen LogP contribution in [0.5, 0.6) is 0 Å². The Labute approximate surface area is 129 Å². The largest absolute Gasteiger partial charge is 0.374 e. The smallest absolute Gasteiger partial charge is 0.226 e. The van der Waals surface area contributed by atoms with Gasteiger partial charge in [-0.3, -0.25) is 4.79 Å². The van der Waals surface area contributed by atoms with Crippen molar-refractivity contribution < 1.29 is 9.53 Å². The average molecular weight is 340 g/mol. The molecule has 1 aliphatic rings. The minimum absolute atomic E-state index is 0.00880. The standard InChI is InChI=1S/C16H22BrNO2/c1-10-11(2)20-12(3)15(10)16(19)18-9-14(17)13-7-5-4-6-8-13/h4-8,10-12,14-15H,9H2,1-3H3,(H,18,19). The fourth-order valence-corrected chi connectivity index (χ4v) is 3.27. The molecule has 1 aliphatic heterocycles. The summed E-state index contributed by atoms with van der Waals surface area (Å²) in [6.45, 7) is 6.69. The van der Waals surface area contributed by atoms with Crippen molar-refractivity contribution in [3.05, 3.63) is 35.9 Å². The predicted octanol–water partition coefficient (Wildman–Crippen LogP) is 3.30. The van der Waals surface area contributed by atoms with E-state index in [1.54, 1.807) is 0 Å². The number of amides is 1. The Balaban J connectivity index is 1.89. The van der Waals surface area contributed by atoms with Gasteiger partial charge >= 0.3 is 0 Å².